The summed E-state index contributed by atoms with van der Waals surface area (Å²) in [6.07, 6.45) is -4.65. The predicted octanol–water partition coefficient (Wildman–Crippen LogP) is 2.45. The number of hydrogen-bond acceptors (Lipinski definition) is 5. The number of hydrogen-bond donors (Lipinski definition) is 1. The van der Waals surface area contributed by atoms with E-state index in [1.54, 1.807) is 12.1 Å². The second-order valence-corrected chi connectivity index (χ2v) is 4.76. The number of alkyl halides is 3. The summed E-state index contributed by atoms with van der Waals surface area (Å²) in [7, 11) is 0. The molecule has 1 amide bonds. The van der Waals surface area contributed by atoms with Crippen molar-refractivity contribution in [2.45, 2.75) is 19.6 Å². The van der Waals surface area contributed by atoms with Gasteiger partial charge in [0.25, 0.3) is 0 Å². The lowest BCUT2D eigenvalue weighted by Gasteiger charge is -1.96. The number of nitrogens with one attached hydrogen (secondary N) is 1. The summed E-state index contributed by atoms with van der Waals surface area (Å²) < 4.78 is 41.0. The van der Waals surface area contributed by atoms with Crippen molar-refractivity contribution in [3.63, 3.8) is 0 Å². The van der Waals surface area contributed by atoms with Crippen LogP contribution in [0.1, 0.15) is 17.7 Å². The van der Waals surface area contributed by atoms with E-state index in [0.717, 1.165) is 4.88 Å². The Kier molecular flexibility index (Phi) is 3.56. The molecule has 0 aliphatic rings. The van der Waals surface area contributed by atoms with E-state index in [2.05, 4.69) is 20.0 Å². The molecule has 0 aromatic carbocycles. The second-order valence-electron chi connectivity index (χ2n) is 3.60. The first-order valence-corrected chi connectivity index (χ1v) is 5.92. The Morgan fingerprint density at radius 3 is 2.79 bits per heavy atom. The van der Waals surface area contributed by atoms with Gasteiger partial charge in [-0.3, -0.25) is 4.79 Å². The van der Waals surface area contributed by atoms with Gasteiger partial charge in [-0.2, -0.15) is 18.2 Å². The predicted molar refractivity (Wildman–Crippen MR) is 60.1 cm³/mol. The molecule has 0 atom stereocenters. The van der Waals surface area contributed by atoms with Crippen LogP contribution in [0, 0.1) is 0 Å². The van der Waals surface area contributed by atoms with Crippen LogP contribution in [0.15, 0.2) is 16.7 Å². The van der Waals surface area contributed by atoms with Gasteiger partial charge in [0, 0.05) is 11.8 Å². The van der Waals surface area contributed by atoms with Crippen LogP contribution in [0.5, 0.6) is 0 Å². The Labute approximate surface area is 109 Å². The van der Waals surface area contributed by atoms with E-state index in [1.807, 2.05) is 0 Å². The number of nitrogens with zero attached hydrogens (tertiary/aromatic N) is 2. The lowest BCUT2D eigenvalue weighted by molar-refractivity contribution is -0.159. The summed E-state index contributed by atoms with van der Waals surface area (Å²) >= 11 is 1.18. The highest BCUT2D eigenvalue weighted by Crippen LogP contribution is 2.31. The van der Waals surface area contributed by atoms with Crippen molar-refractivity contribution in [2.24, 2.45) is 0 Å². The summed E-state index contributed by atoms with van der Waals surface area (Å²) in [6.45, 7) is 1.69. The Balaban J connectivity index is 2.14. The maximum absolute atomic E-state index is 12.3. The van der Waals surface area contributed by atoms with E-state index >= 15 is 0 Å². The van der Waals surface area contributed by atoms with E-state index in [0.29, 0.717) is 11.4 Å². The van der Waals surface area contributed by atoms with Crippen molar-refractivity contribution in [3.8, 4) is 10.7 Å². The third-order valence-corrected chi connectivity index (χ3v) is 3.14. The Bertz CT molecular complexity index is 591. The number of carbonyl (C=O) groups is 1. The molecule has 9 heteroatoms. The van der Waals surface area contributed by atoms with Gasteiger partial charge in [0.1, 0.15) is 0 Å². The molecule has 2 aromatic rings. The molecular weight excluding hydrogens is 283 g/mol. The van der Waals surface area contributed by atoms with Crippen molar-refractivity contribution >= 4 is 17.2 Å². The number of aromatic nitrogens is 2. The minimum atomic E-state index is -4.65. The van der Waals surface area contributed by atoms with Crippen molar-refractivity contribution in [3.05, 3.63) is 22.9 Å². The van der Waals surface area contributed by atoms with Crippen LogP contribution in [0.3, 0.4) is 0 Å². The quantitative estimate of drug-likeness (QED) is 0.943. The minimum absolute atomic E-state index is 0.119. The number of carbonyl (C=O) groups excluding carboxylic acids is 1. The van der Waals surface area contributed by atoms with Crippen molar-refractivity contribution in [2.75, 3.05) is 0 Å². The van der Waals surface area contributed by atoms with E-state index in [9.17, 15) is 18.0 Å². The Hall–Kier alpha value is -1.90. The molecule has 5 nitrogen and oxygen atoms in total. The van der Waals surface area contributed by atoms with Gasteiger partial charge in [0.2, 0.25) is 11.7 Å². The van der Waals surface area contributed by atoms with E-state index < -0.39 is 12.1 Å². The lowest BCUT2D eigenvalue weighted by Crippen LogP contribution is -2.17. The smallest absolute Gasteiger partial charge is 0.351 e. The molecule has 102 valence electrons. The lowest BCUT2D eigenvalue weighted by atomic mass is 10.4. The number of halogens is 3. The molecule has 2 rings (SSSR count). The van der Waals surface area contributed by atoms with Gasteiger partial charge in [0.15, 0.2) is 0 Å². The molecule has 0 aliphatic carbocycles. The summed E-state index contributed by atoms with van der Waals surface area (Å²) in [5.74, 6) is -1.68. The molecule has 0 saturated carbocycles. The average Bonchev–Trinajstić information content (AvgIpc) is 2.94. The molecule has 2 heterocycles. The largest absolute Gasteiger partial charge is 0.471 e. The van der Waals surface area contributed by atoms with Crippen LogP contribution < -0.4 is 5.32 Å². The zero-order valence-corrected chi connectivity index (χ0v) is 10.4. The van der Waals surface area contributed by atoms with E-state index in [1.165, 1.54) is 18.3 Å². The molecule has 0 aliphatic heterocycles. The van der Waals surface area contributed by atoms with Crippen LogP contribution in [0.4, 0.5) is 13.2 Å². The van der Waals surface area contributed by atoms with E-state index in [-0.39, 0.29) is 11.7 Å². The molecule has 1 N–H and O–H groups in total. The standard InChI is InChI=1S/C10H8F3N3O2S/c1-5(17)14-4-6-2-3-7(19-6)8-15-9(18-16-8)10(11,12)13/h2-3H,4H2,1H3,(H,14,17). The normalized spacial score (nSPS) is 11.6. The van der Waals surface area contributed by atoms with Gasteiger partial charge < -0.3 is 9.84 Å². The van der Waals surface area contributed by atoms with Gasteiger partial charge in [-0.05, 0) is 12.1 Å². The molecule has 0 radical (unpaired) electrons. The van der Waals surface area contributed by atoms with Gasteiger partial charge in [-0.1, -0.05) is 5.16 Å². The number of rotatable bonds is 3. The topological polar surface area (TPSA) is 68.0 Å². The highest BCUT2D eigenvalue weighted by molar-refractivity contribution is 7.15. The third kappa shape index (κ3) is 3.31. The minimum Gasteiger partial charge on any atom is -0.351 e. The van der Waals surface area contributed by atoms with Gasteiger partial charge in [0.05, 0.1) is 11.4 Å². The first-order chi connectivity index (χ1) is 8.86. The molecule has 0 unspecified atom stereocenters. The third-order valence-electron chi connectivity index (χ3n) is 2.06. The fourth-order valence-corrected chi connectivity index (χ4v) is 2.12. The van der Waals surface area contributed by atoms with Crippen molar-refractivity contribution in [1.82, 2.24) is 15.5 Å². The zero-order chi connectivity index (χ0) is 14.0. The highest BCUT2D eigenvalue weighted by Gasteiger charge is 2.38. The maximum Gasteiger partial charge on any atom is 0.471 e. The highest BCUT2D eigenvalue weighted by atomic mass is 32.1. The number of amides is 1. The zero-order valence-electron chi connectivity index (χ0n) is 9.61. The molecule has 0 bridgehead atoms. The van der Waals surface area contributed by atoms with Gasteiger partial charge >= 0.3 is 12.1 Å². The summed E-state index contributed by atoms with van der Waals surface area (Å²) in [4.78, 5) is 15.2. The molecule has 2 aromatic heterocycles. The van der Waals surface area contributed by atoms with Gasteiger partial charge in [-0.15, -0.1) is 11.3 Å². The molecule has 0 spiro atoms. The fourth-order valence-electron chi connectivity index (χ4n) is 1.24. The molecule has 19 heavy (non-hydrogen) atoms. The second kappa shape index (κ2) is 5.00. The Morgan fingerprint density at radius 1 is 1.47 bits per heavy atom. The molecule has 0 saturated heterocycles. The summed E-state index contributed by atoms with van der Waals surface area (Å²) in [5, 5.41) is 5.86. The van der Waals surface area contributed by atoms with Crippen LogP contribution in [0.2, 0.25) is 0 Å². The van der Waals surface area contributed by atoms with Crippen LogP contribution in [-0.2, 0) is 17.5 Å². The van der Waals surface area contributed by atoms with E-state index in [4.69, 9.17) is 0 Å². The summed E-state index contributed by atoms with van der Waals surface area (Å²) in [5.41, 5.74) is 0. The maximum atomic E-state index is 12.3. The van der Waals surface area contributed by atoms with Crippen LogP contribution in [-0.4, -0.2) is 16.0 Å². The Morgan fingerprint density at radius 2 is 2.21 bits per heavy atom. The van der Waals surface area contributed by atoms with Gasteiger partial charge in [-0.25, -0.2) is 0 Å². The number of thiophene rings is 1. The van der Waals surface area contributed by atoms with Crippen molar-refractivity contribution < 1.29 is 22.5 Å². The SMILES string of the molecule is CC(=O)NCc1ccc(-c2noc(C(F)(F)F)n2)s1. The average molecular weight is 291 g/mol. The summed E-state index contributed by atoms with van der Waals surface area (Å²) in [6, 6.07) is 3.26. The fraction of sp³-hybridized carbons (Fsp3) is 0.300. The van der Waals surface area contributed by atoms with Crippen LogP contribution in [0.25, 0.3) is 10.7 Å². The van der Waals surface area contributed by atoms with Crippen LogP contribution >= 0.6 is 11.3 Å². The molecular formula is C10H8F3N3O2S. The van der Waals surface area contributed by atoms with Crippen molar-refractivity contribution in [1.29, 1.82) is 0 Å². The molecule has 0 fully saturated rings. The first-order valence-electron chi connectivity index (χ1n) is 5.10. The first kappa shape index (κ1) is 13.5. The monoisotopic (exact) mass is 291 g/mol.